The van der Waals surface area contributed by atoms with Crippen LogP contribution in [0.3, 0.4) is 0 Å². The minimum Gasteiger partial charge on any atom is -0.504 e. The first-order valence-electron chi connectivity index (χ1n) is 7.28. The molecule has 0 amide bonds. The van der Waals surface area contributed by atoms with Gasteiger partial charge in [0.15, 0.2) is 11.5 Å². The molecule has 0 fully saturated rings. The molecule has 2 aromatic carbocycles. The van der Waals surface area contributed by atoms with Gasteiger partial charge in [-0.25, -0.2) is 0 Å². The van der Waals surface area contributed by atoms with Gasteiger partial charge in [-0.15, -0.1) is 0 Å². The van der Waals surface area contributed by atoms with Gasteiger partial charge in [-0.05, 0) is 39.7 Å². The summed E-state index contributed by atoms with van der Waals surface area (Å²) in [6.45, 7) is 0. The van der Waals surface area contributed by atoms with Gasteiger partial charge in [-0.1, -0.05) is 18.2 Å². The normalized spacial score (nSPS) is 10.8. The van der Waals surface area contributed by atoms with Crippen molar-refractivity contribution in [2.45, 2.75) is 6.42 Å². The molecule has 124 valence electrons. The summed E-state index contributed by atoms with van der Waals surface area (Å²) in [4.78, 5) is 15.1. The van der Waals surface area contributed by atoms with Crippen LogP contribution in [0, 0.1) is 0 Å². The lowest BCUT2D eigenvalue weighted by atomic mass is 10.0. The smallest absolute Gasteiger partial charge is 0.310 e. The third-order valence-electron chi connectivity index (χ3n) is 3.88. The molecule has 0 aliphatic carbocycles. The number of carbonyl (C=O) groups is 1. The van der Waals surface area contributed by atoms with Crippen molar-refractivity contribution in [1.82, 2.24) is 4.98 Å². The van der Waals surface area contributed by atoms with E-state index in [-0.39, 0.29) is 18.1 Å². The van der Waals surface area contributed by atoms with Gasteiger partial charge in [-0.2, -0.15) is 0 Å². The number of ether oxygens (including phenoxy) is 2. The predicted octanol–water partition coefficient (Wildman–Crippen LogP) is 4.03. The second kappa shape index (κ2) is 6.57. The van der Waals surface area contributed by atoms with Crippen LogP contribution in [0.25, 0.3) is 22.2 Å². The number of rotatable bonds is 4. The van der Waals surface area contributed by atoms with Crippen LogP contribution >= 0.6 is 15.9 Å². The first-order chi connectivity index (χ1) is 11.5. The van der Waals surface area contributed by atoms with Crippen LogP contribution in [0.5, 0.6) is 11.5 Å². The minimum atomic E-state index is -0.321. The number of halogens is 1. The first kappa shape index (κ1) is 16.4. The zero-order valence-corrected chi connectivity index (χ0v) is 14.8. The quantitative estimate of drug-likeness (QED) is 0.660. The Bertz CT molecular complexity index is 894. The molecular formula is C18H16BrNO4. The Kier molecular flexibility index (Phi) is 4.49. The lowest BCUT2D eigenvalue weighted by molar-refractivity contribution is -0.139. The Balaban J connectivity index is 2.22. The van der Waals surface area contributed by atoms with E-state index < -0.39 is 0 Å². The summed E-state index contributed by atoms with van der Waals surface area (Å²) in [6, 6.07) is 11.2. The molecule has 0 saturated carbocycles. The Hall–Kier alpha value is -2.47. The van der Waals surface area contributed by atoms with Crippen molar-refractivity contribution < 1.29 is 19.4 Å². The highest BCUT2D eigenvalue weighted by Gasteiger charge is 2.18. The molecule has 6 heteroatoms. The fourth-order valence-electron chi connectivity index (χ4n) is 2.77. The number of phenols is 1. The fraction of sp³-hybridized carbons (Fsp3) is 0.167. The molecule has 5 nitrogen and oxygen atoms in total. The zero-order chi connectivity index (χ0) is 17.3. The van der Waals surface area contributed by atoms with Gasteiger partial charge in [0.2, 0.25) is 0 Å². The standard InChI is InChI=1S/C18H16BrNO4/c1-23-16(22)9-12-11-5-3-4-6-14(11)20-17(12)10-7-13(19)18(24-2)15(21)8-10/h3-8,20-21H,9H2,1-2H3. The molecule has 1 heterocycles. The van der Waals surface area contributed by atoms with E-state index in [1.807, 2.05) is 30.3 Å². The van der Waals surface area contributed by atoms with E-state index in [9.17, 15) is 9.90 Å². The van der Waals surface area contributed by atoms with E-state index in [0.29, 0.717) is 10.2 Å². The lowest BCUT2D eigenvalue weighted by Gasteiger charge is -2.10. The van der Waals surface area contributed by atoms with Gasteiger partial charge in [-0.3, -0.25) is 4.79 Å². The summed E-state index contributed by atoms with van der Waals surface area (Å²) < 4.78 is 10.6. The first-order valence-corrected chi connectivity index (χ1v) is 8.07. The molecule has 0 radical (unpaired) electrons. The van der Waals surface area contributed by atoms with Crippen molar-refractivity contribution in [3.8, 4) is 22.8 Å². The molecule has 1 aromatic heterocycles. The summed E-state index contributed by atoms with van der Waals surface area (Å²) in [5.74, 6) is 0.0618. The van der Waals surface area contributed by atoms with Gasteiger partial charge in [0, 0.05) is 16.5 Å². The highest BCUT2D eigenvalue weighted by molar-refractivity contribution is 9.10. The van der Waals surface area contributed by atoms with Gasteiger partial charge < -0.3 is 19.6 Å². The lowest BCUT2D eigenvalue weighted by Crippen LogP contribution is -2.05. The average Bonchev–Trinajstić information content (AvgIpc) is 2.93. The summed E-state index contributed by atoms with van der Waals surface area (Å²) in [5, 5.41) is 11.1. The maximum Gasteiger partial charge on any atom is 0.310 e. The van der Waals surface area contributed by atoms with Crippen LogP contribution in [0.4, 0.5) is 0 Å². The van der Waals surface area contributed by atoms with Crippen molar-refractivity contribution in [3.05, 3.63) is 46.4 Å². The Morgan fingerprint density at radius 1 is 1.25 bits per heavy atom. The van der Waals surface area contributed by atoms with Crippen molar-refractivity contribution in [1.29, 1.82) is 0 Å². The number of H-pyrrole nitrogens is 1. The van der Waals surface area contributed by atoms with Crippen LogP contribution in [0.15, 0.2) is 40.9 Å². The maximum absolute atomic E-state index is 11.8. The number of aromatic hydroxyl groups is 1. The van der Waals surface area contributed by atoms with E-state index in [1.54, 1.807) is 6.07 Å². The second-order valence-electron chi connectivity index (χ2n) is 5.29. The molecule has 3 aromatic rings. The number of phenolic OH excluding ortho intramolecular Hbond substituents is 1. The molecule has 3 rings (SSSR count). The largest absolute Gasteiger partial charge is 0.504 e. The molecule has 0 atom stereocenters. The second-order valence-corrected chi connectivity index (χ2v) is 6.14. The molecule has 2 N–H and O–H groups in total. The number of hydrogen-bond acceptors (Lipinski definition) is 4. The average molecular weight is 390 g/mol. The Labute approximate surface area is 147 Å². The van der Waals surface area contributed by atoms with E-state index in [1.165, 1.54) is 14.2 Å². The third kappa shape index (κ3) is 2.85. The van der Waals surface area contributed by atoms with Crippen LogP contribution < -0.4 is 4.74 Å². The van der Waals surface area contributed by atoms with E-state index >= 15 is 0 Å². The molecule has 24 heavy (non-hydrogen) atoms. The highest BCUT2D eigenvalue weighted by atomic mass is 79.9. The maximum atomic E-state index is 11.8. The molecule has 0 bridgehead atoms. The van der Waals surface area contributed by atoms with Gasteiger partial charge in [0.25, 0.3) is 0 Å². The van der Waals surface area contributed by atoms with Crippen molar-refractivity contribution in [2.24, 2.45) is 0 Å². The van der Waals surface area contributed by atoms with Crippen LogP contribution in [-0.4, -0.2) is 30.3 Å². The topological polar surface area (TPSA) is 71.6 Å². The summed E-state index contributed by atoms with van der Waals surface area (Å²) in [6.07, 6.45) is 0.139. The summed E-state index contributed by atoms with van der Waals surface area (Å²) >= 11 is 3.40. The van der Waals surface area contributed by atoms with Crippen molar-refractivity contribution in [3.63, 3.8) is 0 Å². The zero-order valence-electron chi connectivity index (χ0n) is 13.2. The van der Waals surface area contributed by atoms with E-state index in [0.717, 1.165) is 27.7 Å². The van der Waals surface area contributed by atoms with Crippen LogP contribution in [0.1, 0.15) is 5.56 Å². The number of aromatic nitrogens is 1. The molecule has 0 aliphatic rings. The third-order valence-corrected chi connectivity index (χ3v) is 4.47. The van der Waals surface area contributed by atoms with Gasteiger partial charge >= 0.3 is 5.97 Å². The SMILES string of the molecule is COC(=O)Cc1c(-c2cc(O)c(OC)c(Br)c2)[nH]c2ccccc12. The van der Waals surface area contributed by atoms with Crippen LogP contribution in [0.2, 0.25) is 0 Å². The number of aromatic amines is 1. The molecule has 0 aliphatic heterocycles. The monoisotopic (exact) mass is 389 g/mol. The molecule has 0 saturated heterocycles. The van der Waals surface area contributed by atoms with E-state index in [4.69, 9.17) is 9.47 Å². The van der Waals surface area contributed by atoms with Crippen molar-refractivity contribution in [2.75, 3.05) is 14.2 Å². The number of methoxy groups -OCH3 is 2. The number of esters is 1. The Morgan fingerprint density at radius 3 is 2.67 bits per heavy atom. The predicted molar refractivity (Wildman–Crippen MR) is 95.4 cm³/mol. The summed E-state index contributed by atoms with van der Waals surface area (Å²) in [5.41, 5.74) is 3.25. The van der Waals surface area contributed by atoms with Crippen molar-refractivity contribution >= 4 is 32.8 Å². The number of hydrogen-bond donors (Lipinski definition) is 2. The molecular weight excluding hydrogens is 374 g/mol. The molecule has 0 spiro atoms. The van der Waals surface area contributed by atoms with Crippen LogP contribution in [-0.2, 0) is 16.0 Å². The number of benzene rings is 2. The minimum absolute atomic E-state index is 0.0181. The summed E-state index contributed by atoms with van der Waals surface area (Å²) in [7, 11) is 2.86. The van der Waals surface area contributed by atoms with Gasteiger partial charge in [0.1, 0.15) is 0 Å². The van der Waals surface area contributed by atoms with E-state index in [2.05, 4.69) is 20.9 Å². The fourth-order valence-corrected chi connectivity index (χ4v) is 3.38. The Morgan fingerprint density at radius 2 is 2.00 bits per heavy atom. The number of fused-ring (bicyclic) bond motifs is 1. The molecule has 0 unspecified atom stereocenters. The number of nitrogens with one attached hydrogen (secondary N) is 1. The number of para-hydroxylation sites is 1. The van der Waals surface area contributed by atoms with Gasteiger partial charge in [0.05, 0.1) is 30.8 Å². The number of carbonyl (C=O) groups excluding carboxylic acids is 1. The highest BCUT2D eigenvalue weighted by Crippen LogP contribution is 2.40.